The Morgan fingerprint density at radius 3 is 2.73 bits per heavy atom. The highest BCUT2D eigenvalue weighted by Gasteiger charge is 2.63. The summed E-state index contributed by atoms with van der Waals surface area (Å²) >= 11 is 0. The van der Waals surface area contributed by atoms with Gasteiger partial charge in [-0.2, -0.15) is 0 Å². The van der Waals surface area contributed by atoms with Gasteiger partial charge in [-0.1, -0.05) is 13.8 Å². The molecule has 1 heterocycles. The van der Waals surface area contributed by atoms with E-state index in [0.717, 1.165) is 5.76 Å². The van der Waals surface area contributed by atoms with Crippen LogP contribution in [-0.4, -0.2) is 5.97 Å². The van der Waals surface area contributed by atoms with Crippen molar-refractivity contribution in [3.8, 4) is 0 Å². The summed E-state index contributed by atoms with van der Waals surface area (Å²) in [6.07, 6.45) is 2.06. The summed E-state index contributed by atoms with van der Waals surface area (Å²) in [7, 11) is 0. The number of rotatable bonds is 0. The van der Waals surface area contributed by atoms with Crippen LogP contribution in [-0.2, 0) is 9.53 Å². The van der Waals surface area contributed by atoms with E-state index in [-0.39, 0.29) is 17.3 Å². The minimum absolute atomic E-state index is 0.0417. The third-order valence-corrected chi connectivity index (χ3v) is 2.84. The van der Waals surface area contributed by atoms with Gasteiger partial charge >= 0.3 is 5.97 Å². The molecule has 1 saturated carbocycles. The molecule has 2 nitrogen and oxygen atoms in total. The number of carbonyl (C=O) groups excluding carboxylic acids is 1. The smallest absolute Gasteiger partial charge is 0.315 e. The number of hydrogen-bond donors (Lipinski definition) is 0. The molecular formula is C9H12O2. The van der Waals surface area contributed by atoms with Gasteiger partial charge in [0.1, 0.15) is 5.76 Å². The van der Waals surface area contributed by atoms with Gasteiger partial charge in [-0.05, 0) is 18.4 Å². The molecule has 2 atom stereocenters. The Labute approximate surface area is 66.2 Å². The molecule has 0 radical (unpaired) electrons. The van der Waals surface area contributed by atoms with E-state index in [1.54, 1.807) is 0 Å². The first-order chi connectivity index (χ1) is 5.03. The van der Waals surface area contributed by atoms with Crippen LogP contribution in [0.4, 0.5) is 0 Å². The van der Waals surface area contributed by atoms with E-state index in [2.05, 4.69) is 19.9 Å². The molecule has 2 unspecified atom stereocenters. The Morgan fingerprint density at radius 1 is 1.55 bits per heavy atom. The molecule has 2 heteroatoms. The normalized spacial score (nSPS) is 38.8. The summed E-state index contributed by atoms with van der Waals surface area (Å²) < 4.78 is 5.00. The van der Waals surface area contributed by atoms with Crippen LogP contribution in [0.2, 0.25) is 0 Å². The predicted octanol–water partition coefficient (Wildman–Crippen LogP) is 1.72. The lowest BCUT2D eigenvalue weighted by Crippen LogP contribution is -2.11. The van der Waals surface area contributed by atoms with Crippen molar-refractivity contribution in [2.24, 2.45) is 17.3 Å². The zero-order valence-corrected chi connectivity index (χ0v) is 7.05. The summed E-state index contributed by atoms with van der Waals surface area (Å²) in [5.41, 5.74) is 0.148. The minimum atomic E-state index is -0.0417. The predicted molar refractivity (Wildman–Crippen MR) is 40.6 cm³/mol. The van der Waals surface area contributed by atoms with Crippen LogP contribution in [0.15, 0.2) is 11.8 Å². The van der Waals surface area contributed by atoms with E-state index in [9.17, 15) is 4.79 Å². The summed E-state index contributed by atoms with van der Waals surface area (Å²) in [6, 6.07) is 0. The lowest BCUT2D eigenvalue weighted by molar-refractivity contribution is -0.142. The Balaban J connectivity index is 2.32. The largest absolute Gasteiger partial charge is 0.431 e. The van der Waals surface area contributed by atoms with Crippen LogP contribution < -0.4 is 0 Å². The fraction of sp³-hybridized carbons (Fsp3) is 0.667. The molecule has 1 fully saturated rings. The second kappa shape index (κ2) is 1.68. The van der Waals surface area contributed by atoms with Crippen molar-refractivity contribution in [3.05, 3.63) is 11.8 Å². The van der Waals surface area contributed by atoms with Crippen LogP contribution in [0, 0.1) is 17.3 Å². The highest BCUT2D eigenvalue weighted by Crippen LogP contribution is 2.61. The van der Waals surface area contributed by atoms with Gasteiger partial charge < -0.3 is 4.74 Å². The van der Waals surface area contributed by atoms with Crippen LogP contribution in [0.3, 0.4) is 0 Å². The molecule has 1 aliphatic heterocycles. The number of hydrogen-bond acceptors (Lipinski definition) is 2. The maximum atomic E-state index is 11.2. The zero-order valence-electron chi connectivity index (χ0n) is 7.05. The van der Waals surface area contributed by atoms with Crippen LogP contribution in [0.1, 0.15) is 20.8 Å². The van der Waals surface area contributed by atoms with E-state index in [1.165, 1.54) is 0 Å². The average Bonchev–Trinajstić information content (AvgIpc) is 2.34. The van der Waals surface area contributed by atoms with E-state index in [4.69, 9.17) is 4.74 Å². The maximum Gasteiger partial charge on any atom is 0.315 e. The Hall–Kier alpha value is -0.790. The average molecular weight is 152 g/mol. The number of carbonyl (C=O) groups is 1. The molecule has 1 aliphatic carbocycles. The quantitative estimate of drug-likeness (QED) is 0.494. The van der Waals surface area contributed by atoms with E-state index in [1.807, 2.05) is 6.92 Å². The molecule has 2 rings (SSSR count). The fourth-order valence-corrected chi connectivity index (χ4v) is 1.95. The van der Waals surface area contributed by atoms with Gasteiger partial charge in [0.25, 0.3) is 0 Å². The minimum Gasteiger partial charge on any atom is -0.431 e. The molecule has 0 saturated heterocycles. The molecule has 11 heavy (non-hydrogen) atoms. The standard InChI is InChI=1S/C9H12O2/c1-5-4-6-7(8(10)11-5)9(6,2)3/h4,6-7H,1-3H3. The molecule has 2 aliphatic rings. The Bertz CT molecular complexity index is 250. The van der Waals surface area contributed by atoms with E-state index < -0.39 is 0 Å². The van der Waals surface area contributed by atoms with Crippen molar-refractivity contribution < 1.29 is 9.53 Å². The number of fused-ring (bicyclic) bond motifs is 1. The van der Waals surface area contributed by atoms with Crippen LogP contribution in [0.5, 0.6) is 0 Å². The van der Waals surface area contributed by atoms with E-state index >= 15 is 0 Å². The maximum absolute atomic E-state index is 11.2. The van der Waals surface area contributed by atoms with Crippen molar-refractivity contribution in [3.63, 3.8) is 0 Å². The zero-order chi connectivity index (χ0) is 8.22. The van der Waals surface area contributed by atoms with Crippen molar-refractivity contribution in [2.75, 3.05) is 0 Å². The Kier molecular flexibility index (Phi) is 1.05. The van der Waals surface area contributed by atoms with Crippen molar-refractivity contribution >= 4 is 5.97 Å². The summed E-state index contributed by atoms with van der Waals surface area (Å²) in [5, 5.41) is 0. The molecule has 60 valence electrons. The highest BCUT2D eigenvalue weighted by molar-refractivity contribution is 5.80. The first-order valence-corrected chi connectivity index (χ1v) is 3.93. The molecule has 0 N–H and O–H groups in total. The van der Waals surface area contributed by atoms with Gasteiger partial charge in [0.05, 0.1) is 5.92 Å². The Morgan fingerprint density at radius 2 is 2.18 bits per heavy atom. The third kappa shape index (κ3) is 0.753. The first kappa shape index (κ1) is 6.89. The van der Waals surface area contributed by atoms with Crippen LogP contribution in [0.25, 0.3) is 0 Å². The summed E-state index contributed by atoms with van der Waals surface area (Å²) in [4.78, 5) is 11.2. The van der Waals surface area contributed by atoms with E-state index in [0.29, 0.717) is 5.92 Å². The topological polar surface area (TPSA) is 26.3 Å². The molecule has 0 aromatic rings. The number of ether oxygens (including phenoxy) is 1. The van der Waals surface area contributed by atoms with Gasteiger partial charge in [0.15, 0.2) is 0 Å². The molecule has 0 aromatic heterocycles. The lowest BCUT2D eigenvalue weighted by atomic mass is 10.1. The summed E-state index contributed by atoms with van der Waals surface area (Å²) in [6.45, 7) is 6.06. The van der Waals surface area contributed by atoms with Crippen molar-refractivity contribution in [1.82, 2.24) is 0 Å². The molecule has 0 aromatic carbocycles. The highest BCUT2D eigenvalue weighted by atomic mass is 16.5. The van der Waals surface area contributed by atoms with Gasteiger partial charge in [0.2, 0.25) is 0 Å². The van der Waals surface area contributed by atoms with Gasteiger partial charge in [0, 0.05) is 5.92 Å². The van der Waals surface area contributed by atoms with Gasteiger partial charge in [-0.25, -0.2) is 0 Å². The van der Waals surface area contributed by atoms with Crippen molar-refractivity contribution in [2.45, 2.75) is 20.8 Å². The monoisotopic (exact) mass is 152 g/mol. The first-order valence-electron chi connectivity index (χ1n) is 3.93. The number of allylic oxidation sites excluding steroid dienone is 2. The molecule has 0 bridgehead atoms. The van der Waals surface area contributed by atoms with Crippen molar-refractivity contribution in [1.29, 1.82) is 0 Å². The molecule has 0 spiro atoms. The number of cyclic esters (lactones) is 1. The third-order valence-electron chi connectivity index (χ3n) is 2.84. The van der Waals surface area contributed by atoms with Gasteiger partial charge in [-0.15, -0.1) is 0 Å². The second-order valence-electron chi connectivity index (χ2n) is 4.02. The lowest BCUT2D eigenvalue weighted by Gasteiger charge is -2.06. The fourth-order valence-electron chi connectivity index (χ4n) is 1.95. The second-order valence-corrected chi connectivity index (χ2v) is 4.02. The number of esters is 1. The van der Waals surface area contributed by atoms with Gasteiger partial charge in [-0.3, -0.25) is 4.79 Å². The SMILES string of the molecule is CC1=CC2C(C(=O)O1)C2(C)C. The molecular weight excluding hydrogens is 140 g/mol. The molecule has 0 amide bonds. The summed E-state index contributed by atoms with van der Waals surface area (Å²) in [5.74, 6) is 1.29. The van der Waals surface area contributed by atoms with Crippen LogP contribution >= 0.6 is 0 Å².